The molecule has 2 saturated heterocycles. The lowest BCUT2D eigenvalue weighted by Crippen LogP contribution is -2.58. The molecule has 11 heteroatoms. The molecule has 200 valence electrons. The predicted octanol–water partition coefficient (Wildman–Crippen LogP) is 0.959. The summed E-state index contributed by atoms with van der Waals surface area (Å²) in [7, 11) is 0. The number of amides is 3. The van der Waals surface area contributed by atoms with Crippen molar-refractivity contribution in [1.82, 2.24) is 24.3 Å². The highest BCUT2D eigenvalue weighted by molar-refractivity contribution is 5.89. The van der Waals surface area contributed by atoms with Gasteiger partial charge in [0.25, 0.3) is 0 Å². The van der Waals surface area contributed by atoms with Gasteiger partial charge in [-0.1, -0.05) is 12.1 Å². The third kappa shape index (κ3) is 6.94. The number of carbonyl (C=O) groups is 2. The Kier molecular flexibility index (Phi) is 8.25. The minimum absolute atomic E-state index is 0.141. The van der Waals surface area contributed by atoms with Gasteiger partial charge in [-0.05, 0) is 70.0 Å². The molecular weight excluding hydrogens is 472 g/mol. The second-order valence-electron chi connectivity index (χ2n) is 10.5. The Morgan fingerprint density at radius 3 is 2.32 bits per heavy atom. The first-order chi connectivity index (χ1) is 17.6. The average molecular weight is 511 g/mol. The molecule has 4 rings (SSSR count). The fourth-order valence-electron chi connectivity index (χ4n) is 4.74. The number of nitrogens with zero attached hydrogens (tertiary/aromatic N) is 5. The van der Waals surface area contributed by atoms with E-state index in [0.29, 0.717) is 37.9 Å². The summed E-state index contributed by atoms with van der Waals surface area (Å²) in [4.78, 5) is 47.4. The molecule has 3 heterocycles. The first-order valence-corrected chi connectivity index (χ1v) is 12.9. The van der Waals surface area contributed by atoms with Crippen molar-refractivity contribution < 1.29 is 9.59 Å². The molecule has 0 bridgehead atoms. The van der Waals surface area contributed by atoms with E-state index in [-0.39, 0.29) is 17.8 Å². The molecule has 0 radical (unpaired) electrons. The Hall–Kier alpha value is -3.28. The van der Waals surface area contributed by atoms with Gasteiger partial charge in [-0.15, -0.1) is 0 Å². The van der Waals surface area contributed by atoms with Crippen molar-refractivity contribution in [3.63, 3.8) is 0 Å². The van der Waals surface area contributed by atoms with Gasteiger partial charge in [-0.3, -0.25) is 19.6 Å². The maximum Gasteiger partial charge on any atom is 0.354 e. The van der Waals surface area contributed by atoms with Gasteiger partial charge in [-0.25, -0.2) is 9.59 Å². The van der Waals surface area contributed by atoms with E-state index in [4.69, 9.17) is 11.5 Å². The zero-order chi connectivity index (χ0) is 26.6. The number of carbonyl (C=O) groups excluding carboxylic acids is 2. The maximum atomic E-state index is 12.7. The second kappa shape index (κ2) is 11.4. The van der Waals surface area contributed by atoms with Crippen LogP contribution in [0.3, 0.4) is 0 Å². The summed E-state index contributed by atoms with van der Waals surface area (Å²) in [6.07, 6.45) is 4.82. The number of nitrogens with one attached hydrogen (secondary N) is 1. The quantitative estimate of drug-likeness (QED) is 0.544. The number of nitrogens with two attached hydrogens (primary N) is 2. The molecule has 37 heavy (non-hydrogen) atoms. The van der Waals surface area contributed by atoms with Gasteiger partial charge < -0.3 is 21.3 Å². The number of anilines is 1. The zero-order valence-electron chi connectivity index (χ0n) is 21.7. The standard InChI is InChI=1S/C26H38N8O3/c1-26(2,28)23(35)32-14-16-33(17-15-32)24(36)29-22-10-13-34(25(37)30-22)21-7-5-19(6-8-21)18-31-11-3-4-20(27)9-12-31/h5-8,10,13,20H,3-4,9,11-12,14-18,27-28H2,1-2H3,(H,29,30,36,37). The first-order valence-electron chi connectivity index (χ1n) is 12.9. The molecule has 0 spiro atoms. The number of urea groups is 1. The minimum Gasteiger partial charge on any atom is -0.338 e. The summed E-state index contributed by atoms with van der Waals surface area (Å²) in [5.41, 5.74) is 12.5. The van der Waals surface area contributed by atoms with E-state index >= 15 is 0 Å². The lowest BCUT2D eigenvalue weighted by Gasteiger charge is -2.37. The third-order valence-electron chi connectivity index (χ3n) is 6.93. The van der Waals surface area contributed by atoms with Crippen LogP contribution in [0.25, 0.3) is 5.69 Å². The number of benzene rings is 1. The van der Waals surface area contributed by atoms with Crippen molar-refractivity contribution in [3.8, 4) is 5.69 Å². The molecular formula is C26H38N8O3. The van der Waals surface area contributed by atoms with Crippen LogP contribution in [0.15, 0.2) is 41.3 Å². The van der Waals surface area contributed by atoms with Crippen molar-refractivity contribution in [2.24, 2.45) is 11.5 Å². The van der Waals surface area contributed by atoms with E-state index in [1.54, 1.807) is 35.9 Å². The number of likely N-dealkylation sites (tertiary alicyclic amines) is 1. The molecule has 1 atom stereocenters. The SMILES string of the molecule is CC(C)(N)C(=O)N1CCN(C(=O)Nc2ccn(-c3ccc(CN4CCCC(N)CC4)cc3)c(=O)n2)CC1. The molecule has 1 aromatic carbocycles. The number of piperazine rings is 1. The predicted molar refractivity (Wildman–Crippen MR) is 142 cm³/mol. The smallest absolute Gasteiger partial charge is 0.338 e. The second-order valence-corrected chi connectivity index (χ2v) is 10.5. The van der Waals surface area contributed by atoms with E-state index in [0.717, 1.165) is 38.9 Å². The molecule has 2 aliphatic heterocycles. The highest BCUT2D eigenvalue weighted by Gasteiger charge is 2.31. The van der Waals surface area contributed by atoms with Crippen LogP contribution < -0.4 is 22.5 Å². The third-order valence-corrected chi connectivity index (χ3v) is 6.93. The largest absolute Gasteiger partial charge is 0.354 e. The summed E-state index contributed by atoms with van der Waals surface area (Å²) in [5.74, 6) is 0.0430. The molecule has 0 saturated carbocycles. The first kappa shape index (κ1) is 26.8. The van der Waals surface area contributed by atoms with Crippen molar-refractivity contribution in [2.45, 2.75) is 51.2 Å². The Balaban J connectivity index is 1.32. The summed E-state index contributed by atoms with van der Waals surface area (Å²) in [6.45, 7) is 7.81. The van der Waals surface area contributed by atoms with Gasteiger partial charge in [0, 0.05) is 45.0 Å². The van der Waals surface area contributed by atoms with Crippen molar-refractivity contribution >= 4 is 17.8 Å². The summed E-state index contributed by atoms with van der Waals surface area (Å²) in [5, 5.41) is 2.69. The number of aromatic nitrogens is 2. The Bertz CT molecular complexity index is 1150. The molecule has 2 aliphatic rings. The van der Waals surface area contributed by atoms with Crippen LogP contribution in [-0.2, 0) is 11.3 Å². The van der Waals surface area contributed by atoms with E-state index in [1.165, 1.54) is 10.1 Å². The highest BCUT2D eigenvalue weighted by atomic mass is 16.2. The summed E-state index contributed by atoms with van der Waals surface area (Å²) < 4.78 is 1.45. The van der Waals surface area contributed by atoms with E-state index in [2.05, 4.69) is 15.2 Å². The number of hydrogen-bond acceptors (Lipinski definition) is 7. The van der Waals surface area contributed by atoms with Gasteiger partial charge in [0.2, 0.25) is 5.91 Å². The fourth-order valence-corrected chi connectivity index (χ4v) is 4.74. The highest BCUT2D eigenvalue weighted by Crippen LogP contribution is 2.15. The van der Waals surface area contributed by atoms with E-state index in [1.807, 2.05) is 24.3 Å². The van der Waals surface area contributed by atoms with Gasteiger partial charge in [0.1, 0.15) is 5.82 Å². The fraction of sp³-hybridized carbons (Fsp3) is 0.538. The van der Waals surface area contributed by atoms with E-state index in [9.17, 15) is 14.4 Å². The van der Waals surface area contributed by atoms with Gasteiger partial charge in [-0.2, -0.15) is 4.98 Å². The van der Waals surface area contributed by atoms with Gasteiger partial charge >= 0.3 is 11.7 Å². The van der Waals surface area contributed by atoms with E-state index < -0.39 is 11.2 Å². The zero-order valence-corrected chi connectivity index (χ0v) is 21.7. The number of hydrogen-bond donors (Lipinski definition) is 3. The molecule has 0 aliphatic carbocycles. The molecule has 5 N–H and O–H groups in total. The van der Waals surface area contributed by atoms with Crippen LogP contribution in [0.4, 0.5) is 10.6 Å². The van der Waals surface area contributed by atoms with Crippen molar-refractivity contribution in [1.29, 1.82) is 0 Å². The van der Waals surface area contributed by atoms with Crippen LogP contribution in [-0.4, -0.2) is 87.0 Å². The van der Waals surface area contributed by atoms with Gasteiger partial charge in [0.15, 0.2) is 0 Å². The molecule has 3 amide bonds. The average Bonchev–Trinajstić information content (AvgIpc) is 3.07. The molecule has 1 aromatic heterocycles. The van der Waals surface area contributed by atoms with Gasteiger partial charge in [0.05, 0.1) is 11.2 Å². The molecule has 1 unspecified atom stereocenters. The molecule has 2 aromatic rings. The van der Waals surface area contributed by atoms with Crippen LogP contribution in [0, 0.1) is 0 Å². The molecule has 2 fully saturated rings. The monoisotopic (exact) mass is 510 g/mol. The van der Waals surface area contributed by atoms with Crippen molar-refractivity contribution in [2.75, 3.05) is 44.6 Å². The lowest BCUT2D eigenvalue weighted by atomic mass is 10.1. The summed E-state index contributed by atoms with van der Waals surface area (Å²) >= 11 is 0. The maximum absolute atomic E-state index is 12.7. The van der Waals surface area contributed by atoms with Crippen LogP contribution in [0.5, 0.6) is 0 Å². The Labute approximate surface area is 217 Å². The topological polar surface area (TPSA) is 143 Å². The normalized spacial score (nSPS) is 19.4. The molecule has 11 nitrogen and oxygen atoms in total. The Morgan fingerprint density at radius 1 is 1.00 bits per heavy atom. The van der Waals surface area contributed by atoms with Crippen LogP contribution >= 0.6 is 0 Å². The lowest BCUT2D eigenvalue weighted by molar-refractivity contribution is -0.137. The summed E-state index contributed by atoms with van der Waals surface area (Å²) in [6, 6.07) is 9.40. The number of rotatable bonds is 5. The van der Waals surface area contributed by atoms with Crippen molar-refractivity contribution in [3.05, 3.63) is 52.6 Å². The van der Waals surface area contributed by atoms with Crippen LogP contribution in [0.1, 0.15) is 38.7 Å². The van der Waals surface area contributed by atoms with Crippen LogP contribution in [0.2, 0.25) is 0 Å². The Morgan fingerprint density at radius 2 is 1.68 bits per heavy atom. The minimum atomic E-state index is -0.944.